The Bertz CT molecular complexity index is 1490. The van der Waals surface area contributed by atoms with Gasteiger partial charge in [-0.05, 0) is 67.7 Å². The molecular weight excluding hydrogens is 463 g/mol. The van der Waals surface area contributed by atoms with E-state index in [4.69, 9.17) is 0 Å². The van der Waals surface area contributed by atoms with Crippen molar-refractivity contribution in [2.45, 2.75) is 6.18 Å². The zero-order chi connectivity index (χ0) is 25.9. The van der Waals surface area contributed by atoms with Crippen LogP contribution in [0.2, 0.25) is 0 Å². The van der Waals surface area contributed by atoms with Crippen LogP contribution in [0.15, 0.2) is 85.4 Å². The molecule has 0 spiro atoms. The van der Waals surface area contributed by atoms with Crippen LogP contribution in [0, 0.1) is 11.3 Å². The van der Waals surface area contributed by atoms with E-state index in [1.54, 1.807) is 48.8 Å². The van der Waals surface area contributed by atoms with Crippen LogP contribution in [0.1, 0.15) is 11.1 Å². The van der Waals surface area contributed by atoms with Crippen molar-refractivity contribution in [3.8, 4) is 28.3 Å². The third kappa shape index (κ3) is 5.65. The van der Waals surface area contributed by atoms with Gasteiger partial charge in [-0.1, -0.05) is 24.8 Å². The molecule has 0 unspecified atom stereocenters. The van der Waals surface area contributed by atoms with Gasteiger partial charge < -0.3 is 15.2 Å². The average Bonchev–Trinajstić information content (AvgIpc) is 3.26. The molecule has 0 aliphatic carbocycles. The van der Waals surface area contributed by atoms with Gasteiger partial charge in [0.2, 0.25) is 0 Å². The molecule has 0 radical (unpaired) electrons. The van der Waals surface area contributed by atoms with Crippen molar-refractivity contribution in [2.75, 3.05) is 26.0 Å². The van der Waals surface area contributed by atoms with Gasteiger partial charge in [0.1, 0.15) is 5.65 Å². The fourth-order valence-corrected chi connectivity index (χ4v) is 3.82. The summed E-state index contributed by atoms with van der Waals surface area (Å²) in [5, 5.41) is 12.9. The summed E-state index contributed by atoms with van der Waals surface area (Å²) in [5.41, 5.74) is 3.60. The lowest BCUT2D eigenvalue weighted by Crippen LogP contribution is -2.10. The highest BCUT2D eigenvalue weighted by Gasteiger charge is 2.31. The summed E-state index contributed by atoms with van der Waals surface area (Å²) in [7, 11) is 3.83. The molecule has 182 valence electrons. The van der Waals surface area contributed by atoms with E-state index < -0.39 is 11.7 Å². The predicted octanol–water partition coefficient (Wildman–Crippen LogP) is 6.83. The maximum Gasteiger partial charge on any atom is 0.416 e. The number of H-pyrrole nitrogens is 1. The molecule has 2 N–H and O–H groups in total. The van der Waals surface area contributed by atoms with E-state index in [-0.39, 0.29) is 5.69 Å². The van der Waals surface area contributed by atoms with Crippen LogP contribution < -0.4 is 5.32 Å². The second-order valence-electron chi connectivity index (χ2n) is 8.63. The number of nitrogens with zero attached hydrogens (tertiary/aromatic N) is 3. The minimum Gasteiger partial charge on any atom is -0.356 e. The van der Waals surface area contributed by atoms with Crippen LogP contribution in [0.3, 0.4) is 0 Å². The highest BCUT2D eigenvalue weighted by Crippen LogP contribution is 2.37. The molecule has 0 fully saturated rings. The third-order valence-corrected chi connectivity index (χ3v) is 5.52. The fraction of sp³-hybridized carbons (Fsp3) is 0.143. The first-order valence-corrected chi connectivity index (χ1v) is 11.1. The fourth-order valence-electron chi connectivity index (χ4n) is 3.82. The summed E-state index contributed by atoms with van der Waals surface area (Å²) in [6.45, 7) is 4.57. The molecule has 2 aromatic carbocycles. The Morgan fingerprint density at radius 1 is 1.14 bits per heavy atom. The second kappa shape index (κ2) is 10.1. The minimum atomic E-state index is -4.52. The number of rotatable bonds is 7. The van der Waals surface area contributed by atoms with Crippen LogP contribution in [0.25, 0.3) is 33.3 Å². The topological polar surface area (TPSA) is 67.7 Å². The number of aromatic amines is 1. The molecule has 36 heavy (non-hydrogen) atoms. The van der Waals surface area contributed by atoms with Gasteiger partial charge in [-0.3, -0.25) is 0 Å². The number of fused-ring (bicyclic) bond motifs is 1. The minimum absolute atomic E-state index is 0.274. The van der Waals surface area contributed by atoms with E-state index in [0.717, 1.165) is 28.6 Å². The molecule has 8 heteroatoms. The summed E-state index contributed by atoms with van der Waals surface area (Å²) in [5.74, 6) is 0. The molecule has 0 aliphatic heterocycles. The lowest BCUT2D eigenvalue weighted by atomic mass is 9.99. The molecule has 5 nitrogen and oxygen atoms in total. The lowest BCUT2D eigenvalue weighted by Gasteiger charge is -2.14. The van der Waals surface area contributed by atoms with Crippen molar-refractivity contribution in [3.05, 3.63) is 96.5 Å². The number of benzene rings is 2. The lowest BCUT2D eigenvalue weighted by molar-refractivity contribution is -0.137. The van der Waals surface area contributed by atoms with Crippen LogP contribution in [0.5, 0.6) is 0 Å². The summed E-state index contributed by atoms with van der Waals surface area (Å²) >= 11 is 0. The van der Waals surface area contributed by atoms with Crippen molar-refractivity contribution in [2.24, 2.45) is 0 Å². The molecule has 0 saturated heterocycles. The summed E-state index contributed by atoms with van der Waals surface area (Å²) in [4.78, 5) is 9.48. The second-order valence-corrected chi connectivity index (χ2v) is 8.63. The number of hydrogen-bond donors (Lipinski definition) is 2. The van der Waals surface area contributed by atoms with Gasteiger partial charge >= 0.3 is 6.18 Å². The normalized spacial score (nSPS) is 11.8. The van der Waals surface area contributed by atoms with Crippen LogP contribution in [0.4, 0.5) is 18.9 Å². The number of allylic oxidation sites excluding steroid dienone is 1. The Kier molecular flexibility index (Phi) is 6.95. The van der Waals surface area contributed by atoms with Gasteiger partial charge in [0, 0.05) is 46.8 Å². The number of nitrogens with one attached hydrogen (secondary N) is 2. The first kappa shape index (κ1) is 24.8. The molecule has 0 atom stereocenters. The van der Waals surface area contributed by atoms with Crippen LogP contribution in [-0.4, -0.2) is 35.5 Å². The van der Waals surface area contributed by atoms with Crippen molar-refractivity contribution in [3.63, 3.8) is 0 Å². The average molecular weight is 488 g/mol. The molecule has 2 aromatic heterocycles. The summed E-state index contributed by atoms with van der Waals surface area (Å²) in [6.07, 6.45) is 2.40. The van der Waals surface area contributed by atoms with E-state index in [1.165, 1.54) is 0 Å². The molecule has 0 amide bonds. The molecule has 0 aliphatic rings. The predicted molar refractivity (Wildman–Crippen MR) is 137 cm³/mol. The molecule has 4 aromatic rings. The van der Waals surface area contributed by atoms with E-state index in [0.29, 0.717) is 34.6 Å². The van der Waals surface area contributed by atoms with Gasteiger partial charge in [0.25, 0.3) is 0 Å². The molecular formula is C28H24F3N5. The van der Waals surface area contributed by atoms with Crippen molar-refractivity contribution in [1.82, 2.24) is 14.9 Å². The monoisotopic (exact) mass is 487 g/mol. The Morgan fingerprint density at radius 2 is 1.94 bits per heavy atom. The molecule has 0 bridgehead atoms. The van der Waals surface area contributed by atoms with Crippen LogP contribution in [-0.2, 0) is 6.18 Å². The SMILES string of the molecule is C=C(/C=C/CN(C)C)Nc1cc(-c2cnc3[nH]cc(-c4cccc(C#N)c4)c3c2)cc(C(F)(F)F)c1. The van der Waals surface area contributed by atoms with E-state index >= 15 is 0 Å². The molecule has 4 rings (SSSR count). The molecule has 2 heterocycles. The third-order valence-electron chi connectivity index (χ3n) is 5.52. The first-order valence-electron chi connectivity index (χ1n) is 11.1. The highest BCUT2D eigenvalue weighted by molar-refractivity contribution is 5.96. The maximum absolute atomic E-state index is 13.7. The van der Waals surface area contributed by atoms with Crippen LogP contribution >= 0.6 is 0 Å². The van der Waals surface area contributed by atoms with Crippen molar-refractivity contribution < 1.29 is 13.2 Å². The number of pyridine rings is 1. The van der Waals surface area contributed by atoms with Gasteiger partial charge in [0.05, 0.1) is 17.2 Å². The number of alkyl halides is 3. The standard InChI is InChI=1S/C28H24F3N5/c1-18(6-5-9-36(2)3)35-24-12-21(11-23(14-24)28(29,30)31)22-13-25-26(17-34-27(25)33-16-22)20-8-4-7-19(10-20)15-32/h4-8,10-14,16-17,35H,1,9H2,2-3H3,(H,33,34)/b6-5+. The number of halogens is 3. The Labute approximate surface area is 207 Å². The number of likely N-dealkylation sites (N-methyl/N-ethyl adjacent to an activating group) is 1. The van der Waals surface area contributed by atoms with Gasteiger partial charge in [0.15, 0.2) is 0 Å². The van der Waals surface area contributed by atoms with Gasteiger partial charge in [-0.2, -0.15) is 18.4 Å². The first-order chi connectivity index (χ1) is 17.1. The Balaban J connectivity index is 1.75. The zero-order valence-electron chi connectivity index (χ0n) is 19.8. The quantitative estimate of drug-likeness (QED) is 0.280. The zero-order valence-corrected chi connectivity index (χ0v) is 19.8. The van der Waals surface area contributed by atoms with E-state index in [1.807, 2.05) is 31.1 Å². The number of aromatic nitrogens is 2. The smallest absolute Gasteiger partial charge is 0.356 e. The summed E-state index contributed by atoms with van der Waals surface area (Å²) < 4.78 is 41.2. The van der Waals surface area contributed by atoms with E-state index in [9.17, 15) is 18.4 Å². The largest absolute Gasteiger partial charge is 0.416 e. The van der Waals surface area contributed by atoms with Crippen molar-refractivity contribution in [1.29, 1.82) is 5.26 Å². The molecule has 0 saturated carbocycles. The van der Waals surface area contributed by atoms with Gasteiger partial charge in [-0.15, -0.1) is 0 Å². The Hall–Kier alpha value is -4.35. The number of anilines is 1. The highest BCUT2D eigenvalue weighted by atomic mass is 19.4. The summed E-state index contributed by atoms with van der Waals surface area (Å²) in [6, 6.07) is 14.9. The number of hydrogen-bond acceptors (Lipinski definition) is 4. The van der Waals surface area contributed by atoms with Gasteiger partial charge in [-0.25, -0.2) is 4.98 Å². The maximum atomic E-state index is 13.7. The Morgan fingerprint density at radius 3 is 2.67 bits per heavy atom. The number of nitriles is 1. The van der Waals surface area contributed by atoms with E-state index in [2.05, 4.69) is 27.9 Å². The van der Waals surface area contributed by atoms with Crippen molar-refractivity contribution >= 4 is 16.7 Å².